The molecule has 0 bridgehead atoms. The molecule has 0 saturated carbocycles. The molecule has 0 aliphatic carbocycles. The first kappa shape index (κ1) is 17.1. The van der Waals surface area contributed by atoms with Crippen LogP contribution >= 0.6 is 15.9 Å². The fourth-order valence-electron chi connectivity index (χ4n) is 2.06. The number of hydrogen-bond acceptors (Lipinski definition) is 3. The van der Waals surface area contributed by atoms with Crippen molar-refractivity contribution >= 4 is 21.8 Å². The number of nitrogens with zero attached hydrogens (tertiary/aromatic N) is 2. The third kappa shape index (κ3) is 4.38. The van der Waals surface area contributed by atoms with Crippen molar-refractivity contribution < 1.29 is 9.18 Å². The Balaban J connectivity index is 2.16. The summed E-state index contributed by atoms with van der Waals surface area (Å²) < 4.78 is 15.6. The fourth-order valence-corrected chi connectivity index (χ4v) is 2.47. The van der Waals surface area contributed by atoms with Crippen molar-refractivity contribution in [3.63, 3.8) is 0 Å². The molecular weight excluding hydrogens is 369 g/mol. The molecule has 8 heteroatoms. The van der Waals surface area contributed by atoms with Gasteiger partial charge < -0.3 is 4.90 Å². The summed E-state index contributed by atoms with van der Waals surface area (Å²) in [4.78, 5) is 38.5. The first-order chi connectivity index (χ1) is 10.9. The predicted octanol–water partition coefficient (Wildman–Crippen LogP) is 1.49. The number of carbonyl (C=O) groups is 1. The molecule has 0 aliphatic rings. The number of aromatic nitrogens is 2. The second-order valence-electron chi connectivity index (χ2n) is 4.88. The lowest BCUT2D eigenvalue weighted by Gasteiger charge is -2.21. The van der Waals surface area contributed by atoms with E-state index in [1.54, 1.807) is 19.1 Å². The van der Waals surface area contributed by atoms with E-state index in [1.807, 2.05) is 0 Å². The molecule has 0 radical (unpaired) electrons. The van der Waals surface area contributed by atoms with Crippen molar-refractivity contribution in [3.8, 4) is 0 Å². The molecule has 0 fully saturated rings. The van der Waals surface area contributed by atoms with Gasteiger partial charge in [0.1, 0.15) is 12.4 Å². The third-order valence-electron chi connectivity index (χ3n) is 3.31. The SMILES string of the molecule is CCN(Cc1cc(Br)ccc1F)C(=O)Cn1ccc(=O)[nH]c1=O. The second kappa shape index (κ2) is 7.36. The zero-order valence-electron chi connectivity index (χ0n) is 12.4. The lowest BCUT2D eigenvalue weighted by molar-refractivity contribution is -0.132. The number of carbonyl (C=O) groups excluding carboxylic acids is 1. The number of amides is 1. The Labute approximate surface area is 139 Å². The number of rotatable bonds is 5. The van der Waals surface area contributed by atoms with E-state index in [9.17, 15) is 18.8 Å². The zero-order valence-corrected chi connectivity index (χ0v) is 14.0. The Bertz CT molecular complexity index is 831. The van der Waals surface area contributed by atoms with E-state index in [4.69, 9.17) is 0 Å². The van der Waals surface area contributed by atoms with E-state index in [-0.39, 0.29) is 19.0 Å². The maximum atomic E-state index is 13.8. The van der Waals surface area contributed by atoms with Crippen LogP contribution in [0.4, 0.5) is 4.39 Å². The molecule has 1 N–H and O–H groups in total. The van der Waals surface area contributed by atoms with Gasteiger partial charge in [-0.05, 0) is 25.1 Å². The summed E-state index contributed by atoms with van der Waals surface area (Å²) in [7, 11) is 0. The average Bonchev–Trinajstić information content (AvgIpc) is 2.50. The van der Waals surface area contributed by atoms with Gasteiger partial charge in [0.25, 0.3) is 5.56 Å². The van der Waals surface area contributed by atoms with Crippen LogP contribution in [0.2, 0.25) is 0 Å². The lowest BCUT2D eigenvalue weighted by Crippen LogP contribution is -2.38. The van der Waals surface area contributed by atoms with Gasteiger partial charge in [-0.2, -0.15) is 0 Å². The molecule has 0 spiro atoms. The largest absolute Gasteiger partial charge is 0.337 e. The summed E-state index contributed by atoms with van der Waals surface area (Å²) in [5, 5.41) is 0. The summed E-state index contributed by atoms with van der Waals surface area (Å²) >= 11 is 3.27. The van der Waals surface area contributed by atoms with Gasteiger partial charge in [-0.1, -0.05) is 15.9 Å². The van der Waals surface area contributed by atoms with Crippen LogP contribution in [0, 0.1) is 5.82 Å². The van der Waals surface area contributed by atoms with Gasteiger partial charge in [0.15, 0.2) is 0 Å². The quantitative estimate of drug-likeness (QED) is 0.849. The maximum Gasteiger partial charge on any atom is 0.328 e. The van der Waals surface area contributed by atoms with Gasteiger partial charge in [-0.15, -0.1) is 0 Å². The van der Waals surface area contributed by atoms with Crippen molar-refractivity contribution in [2.75, 3.05) is 6.54 Å². The van der Waals surface area contributed by atoms with Crippen molar-refractivity contribution in [1.29, 1.82) is 0 Å². The maximum absolute atomic E-state index is 13.8. The van der Waals surface area contributed by atoms with Gasteiger partial charge in [0.2, 0.25) is 5.91 Å². The summed E-state index contributed by atoms with van der Waals surface area (Å²) in [6, 6.07) is 5.68. The van der Waals surface area contributed by atoms with Crippen LogP contribution in [0.3, 0.4) is 0 Å². The normalized spacial score (nSPS) is 10.6. The van der Waals surface area contributed by atoms with Crippen molar-refractivity contribution in [2.45, 2.75) is 20.0 Å². The smallest absolute Gasteiger partial charge is 0.328 e. The number of H-pyrrole nitrogens is 1. The van der Waals surface area contributed by atoms with Crippen LogP contribution in [0.5, 0.6) is 0 Å². The Hall–Kier alpha value is -2.22. The molecule has 2 rings (SSSR count). The van der Waals surface area contributed by atoms with Gasteiger partial charge in [0.05, 0.1) is 0 Å². The molecule has 1 aromatic heterocycles. The molecule has 6 nitrogen and oxygen atoms in total. The van der Waals surface area contributed by atoms with E-state index in [2.05, 4.69) is 20.9 Å². The standard InChI is InChI=1S/C15H15BrFN3O3/c1-2-19(8-10-7-11(16)3-4-12(10)17)14(22)9-20-6-5-13(21)18-15(20)23/h3-7H,2,8-9H2,1H3,(H,18,21,23). The fraction of sp³-hybridized carbons (Fsp3) is 0.267. The monoisotopic (exact) mass is 383 g/mol. The highest BCUT2D eigenvalue weighted by Gasteiger charge is 2.15. The van der Waals surface area contributed by atoms with E-state index in [0.717, 1.165) is 4.57 Å². The van der Waals surface area contributed by atoms with Crippen LogP contribution in [0.25, 0.3) is 0 Å². The van der Waals surface area contributed by atoms with Gasteiger partial charge in [-0.25, -0.2) is 9.18 Å². The van der Waals surface area contributed by atoms with Crippen LogP contribution in [0.15, 0.2) is 44.5 Å². The minimum absolute atomic E-state index is 0.0959. The molecule has 122 valence electrons. The lowest BCUT2D eigenvalue weighted by atomic mass is 10.2. The average molecular weight is 384 g/mol. The number of likely N-dealkylation sites (N-methyl/N-ethyl adjacent to an activating group) is 1. The van der Waals surface area contributed by atoms with Crippen LogP contribution < -0.4 is 11.2 Å². The molecule has 0 unspecified atom stereocenters. The van der Waals surface area contributed by atoms with E-state index >= 15 is 0 Å². The first-order valence-electron chi connectivity index (χ1n) is 6.92. The molecule has 1 aromatic carbocycles. The molecular formula is C15H15BrFN3O3. The third-order valence-corrected chi connectivity index (χ3v) is 3.80. The Morgan fingerprint density at radius 3 is 2.74 bits per heavy atom. The molecule has 1 amide bonds. The van der Waals surface area contributed by atoms with Crippen molar-refractivity contribution in [3.05, 3.63) is 67.2 Å². The Morgan fingerprint density at radius 1 is 1.35 bits per heavy atom. The van der Waals surface area contributed by atoms with Crippen molar-refractivity contribution in [2.24, 2.45) is 0 Å². The summed E-state index contributed by atoms with van der Waals surface area (Å²) in [5.74, 6) is -0.748. The molecule has 0 saturated heterocycles. The summed E-state index contributed by atoms with van der Waals surface area (Å²) in [6.45, 7) is 2.00. The molecule has 0 atom stereocenters. The number of aromatic amines is 1. The zero-order chi connectivity index (χ0) is 17.0. The number of hydrogen-bond donors (Lipinski definition) is 1. The van der Waals surface area contributed by atoms with Gasteiger partial charge in [0, 0.05) is 35.4 Å². The van der Waals surface area contributed by atoms with Crippen LogP contribution in [0.1, 0.15) is 12.5 Å². The number of halogens is 2. The van der Waals surface area contributed by atoms with Gasteiger partial charge in [-0.3, -0.25) is 19.1 Å². The second-order valence-corrected chi connectivity index (χ2v) is 5.80. The van der Waals surface area contributed by atoms with E-state index in [0.29, 0.717) is 16.6 Å². The van der Waals surface area contributed by atoms with Crippen LogP contribution in [-0.2, 0) is 17.9 Å². The highest BCUT2D eigenvalue weighted by Crippen LogP contribution is 2.17. The highest BCUT2D eigenvalue weighted by molar-refractivity contribution is 9.10. The van der Waals surface area contributed by atoms with Gasteiger partial charge >= 0.3 is 5.69 Å². The minimum atomic E-state index is -0.657. The number of nitrogens with one attached hydrogen (secondary N) is 1. The summed E-state index contributed by atoms with van der Waals surface area (Å²) in [6.07, 6.45) is 1.26. The molecule has 2 aromatic rings. The molecule has 0 aliphatic heterocycles. The Morgan fingerprint density at radius 2 is 2.09 bits per heavy atom. The topological polar surface area (TPSA) is 75.2 Å². The number of benzene rings is 1. The predicted molar refractivity (Wildman–Crippen MR) is 86.5 cm³/mol. The van der Waals surface area contributed by atoms with Crippen LogP contribution in [-0.4, -0.2) is 26.9 Å². The molecule has 23 heavy (non-hydrogen) atoms. The highest BCUT2D eigenvalue weighted by atomic mass is 79.9. The minimum Gasteiger partial charge on any atom is -0.337 e. The molecule has 1 heterocycles. The van der Waals surface area contributed by atoms with E-state index in [1.165, 1.54) is 23.2 Å². The van der Waals surface area contributed by atoms with E-state index < -0.39 is 17.1 Å². The first-order valence-corrected chi connectivity index (χ1v) is 7.71. The Kier molecular flexibility index (Phi) is 5.49. The van der Waals surface area contributed by atoms with Crippen molar-refractivity contribution in [1.82, 2.24) is 14.5 Å². The summed E-state index contributed by atoms with van der Waals surface area (Å²) in [5.41, 5.74) is -0.804.